The molecular formula is C11H22ClN3O. The predicted molar refractivity (Wildman–Crippen MR) is 66.7 cm³/mol. The summed E-state index contributed by atoms with van der Waals surface area (Å²) in [6, 6.07) is 0. The van der Waals surface area contributed by atoms with Crippen LogP contribution in [0.15, 0.2) is 0 Å². The van der Waals surface area contributed by atoms with E-state index in [1.54, 1.807) is 0 Å². The summed E-state index contributed by atoms with van der Waals surface area (Å²) in [4.78, 5) is 16.4. The van der Waals surface area contributed by atoms with Crippen molar-refractivity contribution in [2.24, 2.45) is 5.73 Å². The molecule has 4 nitrogen and oxygen atoms in total. The zero-order chi connectivity index (χ0) is 10.9. The van der Waals surface area contributed by atoms with Crippen molar-refractivity contribution in [3.05, 3.63) is 0 Å². The summed E-state index contributed by atoms with van der Waals surface area (Å²) in [7, 11) is 2.09. The Morgan fingerprint density at radius 3 is 2.12 bits per heavy atom. The minimum Gasteiger partial charge on any atom is -0.339 e. The van der Waals surface area contributed by atoms with Crippen molar-refractivity contribution in [2.45, 2.75) is 31.2 Å². The lowest BCUT2D eigenvalue weighted by Gasteiger charge is -2.37. The van der Waals surface area contributed by atoms with E-state index in [1.165, 1.54) is 0 Å². The van der Waals surface area contributed by atoms with Gasteiger partial charge in [-0.25, -0.2) is 0 Å². The number of halogens is 1. The Labute approximate surface area is 104 Å². The van der Waals surface area contributed by atoms with Crippen molar-refractivity contribution in [3.63, 3.8) is 0 Å². The summed E-state index contributed by atoms with van der Waals surface area (Å²) in [6.45, 7) is 3.63. The maximum Gasteiger partial charge on any atom is 0.242 e. The highest BCUT2D eigenvalue weighted by atomic mass is 35.5. The quantitative estimate of drug-likeness (QED) is 0.732. The molecule has 1 saturated heterocycles. The second kappa shape index (κ2) is 5.34. The molecule has 1 heterocycles. The molecular weight excluding hydrogens is 226 g/mol. The van der Waals surface area contributed by atoms with Crippen LogP contribution in [-0.2, 0) is 4.79 Å². The van der Waals surface area contributed by atoms with Crippen LogP contribution >= 0.6 is 12.4 Å². The molecule has 5 heteroatoms. The molecule has 2 N–H and O–H groups in total. The van der Waals surface area contributed by atoms with E-state index in [0.717, 1.165) is 51.9 Å². The van der Waals surface area contributed by atoms with E-state index in [4.69, 9.17) is 5.73 Å². The third-order valence-electron chi connectivity index (χ3n) is 3.71. The number of carbonyl (C=O) groups is 1. The minimum absolute atomic E-state index is 0. The van der Waals surface area contributed by atoms with Crippen molar-refractivity contribution in [3.8, 4) is 0 Å². The fourth-order valence-electron chi connectivity index (χ4n) is 2.54. The first kappa shape index (κ1) is 13.7. The number of hydrogen-bond donors (Lipinski definition) is 1. The fourth-order valence-corrected chi connectivity index (χ4v) is 2.54. The van der Waals surface area contributed by atoms with Crippen LogP contribution in [0.2, 0.25) is 0 Å². The molecule has 0 spiro atoms. The number of nitrogens with zero attached hydrogens (tertiary/aromatic N) is 2. The maximum absolute atomic E-state index is 12.2. The first-order chi connectivity index (χ1) is 7.12. The van der Waals surface area contributed by atoms with Gasteiger partial charge in [0.1, 0.15) is 0 Å². The van der Waals surface area contributed by atoms with Gasteiger partial charge in [0, 0.05) is 26.2 Å². The number of piperazine rings is 1. The second-order valence-electron chi connectivity index (χ2n) is 4.96. The molecule has 94 valence electrons. The SMILES string of the molecule is CN1CCN(C(=O)C2(N)CCCC2)CC1.Cl. The molecule has 2 aliphatic rings. The third-order valence-corrected chi connectivity index (χ3v) is 3.71. The zero-order valence-corrected chi connectivity index (χ0v) is 10.8. The molecule has 1 aliphatic carbocycles. The van der Waals surface area contributed by atoms with E-state index in [-0.39, 0.29) is 18.3 Å². The van der Waals surface area contributed by atoms with Crippen LogP contribution in [-0.4, -0.2) is 54.5 Å². The molecule has 0 unspecified atom stereocenters. The summed E-state index contributed by atoms with van der Waals surface area (Å²) in [5, 5.41) is 0. The predicted octanol–water partition coefficient (Wildman–Crippen LogP) is 0.454. The summed E-state index contributed by atoms with van der Waals surface area (Å²) in [6.07, 6.45) is 3.96. The molecule has 0 aromatic rings. The topological polar surface area (TPSA) is 49.6 Å². The van der Waals surface area contributed by atoms with Crippen molar-refractivity contribution < 1.29 is 4.79 Å². The zero-order valence-electron chi connectivity index (χ0n) is 9.95. The highest BCUT2D eigenvalue weighted by Gasteiger charge is 2.40. The lowest BCUT2D eigenvalue weighted by atomic mass is 9.97. The van der Waals surface area contributed by atoms with E-state index < -0.39 is 5.54 Å². The Bertz CT molecular complexity index is 246. The molecule has 1 amide bonds. The third kappa shape index (κ3) is 2.67. The highest BCUT2D eigenvalue weighted by Crippen LogP contribution is 2.29. The Balaban J connectivity index is 0.00000128. The number of hydrogen-bond acceptors (Lipinski definition) is 3. The monoisotopic (exact) mass is 247 g/mol. The summed E-state index contributed by atoms with van der Waals surface area (Å²) in [5.74, 6) is 0.188. The number of amides is 1. The first-order valence-corrected chi connectivity index (χ1v) is 5.89. The molecule has 2 fully saturated rings. The number of nitrogens with two attached hydrogens (primary N) is 1. The van der Waals surface area contributed by atoms with Crippen molar-refractivity contribution in [1.29, 1.82) is 0 Å². The van der Waals surface area contributed by atoms with Crippen molar-refractivity contribution >= 4 is 18.3 Å². The Kier molecular flexibility index (Phi) is 4.59. The van der Waals surface area contributed by atoms with Gasteiger partial charge in [-0.1, -0.05) is 12.8 Å². The van der Waals surface area contributed by atoms with Crippen molar-refractivity contribution in [1.82, 2.24) is 9.80 Å². The Morgan fingerprint density at radius 2 is 1.62 bits per heavy atom. The average molecular weight is 248 g/mol. The largest absolute Gasteiger partial charge is 0.339 e. The van der Waals surface area contributed by atoms with Crippen LogP contribution in [0.1, 0.15) is 25.7 Å². The van der Waals surface area contributed by atoms with Gasteiger partial charge in [-0.15, -0.1) is 12.4 Å². The van der Waals surface area contributed by atoms with Crippen LogP contribution in [0.4, 0.5) is 0 Å². The molecule has 16 heavy (non-hydrogen) atoms. The van der Waals surface area contributed by atoms with Gasteiger partial charge in [-0.05, 0) is 19.9 Å². The summed E-state index contributed by atoms with van der Waals surface area (Å²) >= 11 is 0. The standard InChI is InChI=1S/C11H21N3O.ClH/c1-13-6-8-14(9-7-13)10(15)11(12)4-2-3-5-11;/h2-9,12H2,1H3;1H. The van der Waals surface area contributed by atoms with Gasteiger partial charge in [0.2, 0.25) is 5.91 Å². The first-order valence-electron chi connectivity index (χ1n) is 5.89. The van der Waals surface area contributed by atoms with E-state index in [9.17, 15) is 4.79 Å². The smallest absolute Gasteiger partial charge is 0.242 e. The van der Waals surface area contributed by atoms with E-state index >= 15 is 0 Å². The molecule has 0 radical (unpaired) electrons. The number of likely N-dealkylation sites (N-methyl/N-ethyl adjacent to an activating group) is 1. The second-order valence-corrected chi connectivity index (χ2v) is 4.96. The van der Waals surface area contributed by atoms with E-state index in [1.807, 2.05) is 4.90 Å². The fraction of sp³-hybridized carbons (Fsp3) is 0.909. The average Bonchev–Trinajstić information content (AvgIpc) is 2.67. The van der Waals surface area contributed by atoms with Crippen LogP contribution < -0.4 is 5.73 Å². The molecule has 0 bridgehead atoms. The van der Waals surface area contributed by atoms with Crippen LogP contribution in [0.3, 0.4) is 0 Å². The van der Waals surface area contributed by atoms with Gasteiger partial charge in [-0.2, -0.15) is 0 Å². The summed E-state index contributed by atoms with van der Waals surface area (Å²) < 4.78 is 0. The van der Waals surface area contributed by atoms with Gasteiger partial charge in [0.25, 0.3) is 0 Å². The van der Waals surface area contributed by atoms with Gasteiger partial charge in [-0.3, -0.25) is 4.79 Å². The Hall–Kier alpha value is -0.320. The minimum atomic E-state index is -0.532. The summed E-state index contributed by atoms with van der Waals surface area (Å²) in [5.41, 5.74) is 5.63. The molecule has 1 aliphatic heterocycles. The highest BCUT2D eigenvalue weighted by molar-refractivity contribution is 5.86. The van der Waals surface area contributed by atoms with Crippen LogP contribution in [0.25, 0.3) is 0 Å². The van der Waals surface area contributed by atoms with Crippen molar-refractivity contribution in [2.75, 3.05) is 33.2 Å². The maximum atomic E-state index is 12.2. The Morgan fingerprint density at radius 1 is 1.12 bits per heavy atom. The molecule has 0 aromatic heterocycles. The lowest BCUT2D eigenvalue weighted by molar-refractivity contribution is -0.138. The van der Waals surface area contributed by atoms with Crippen LogP contribution in [0, 0.1) is 0 Å². The number of rotatable bonds is 1. The molecule has 0 aromatic carbocycles. The van der Waals surface area contributed by atoms with Gasteiger partial charge in [0.05, 0.1) is 5.54 Å². The molecule has 2 rings (SSSR count). The van der Waals surface area contributed by atoms with Gasteiger partial charge in [0.15, 0.2) is 0 Å². The van der Waals surface area contributed by atoms with Gasteiger partial charge >= 0.3 is 0 Å². The lowest BCUT2D eigenvalue weighted by Crippen LogP contribution is -2.58. The normalized spacial score (nSPS) is 25.2. The number of carbonyl (C=O) groups excluding carboxylic acids is 1. The molecule has 1 saturated carbocycles. The van der Waals surface area contributed by atoms with Crippen LogP contribution in [0.5, 0.6) is 0 Å². The van der Waals surface area contributed by atoms with Gasteiger partial charge < -0.3 is 15.5 Å². The molecule has 0 atom stereocenters. The van der Waals surface area contributed by atoms with E-state index in [2.05, 4.69) is 11.9 Å². The van der Waals surface area contributed by atoms with E-state index in [0.29, 0.717) is 0 Å².